The van der Waals surface area contributed by atoms with Crippen molar-refractivity contribution in [2.24, 2.45) is 0 Å². The molecule has 1 aliphatic carbocycles. The van der Waals surface area contributed by atoms with E-state index in [9.17, 15) is 21.6 Å². The molecule has 176 valence electrons. The summed E-state index contributed by atoms with van der Waals surface area (Å²) in [5.74, 6) is 0. The van der Waals surface area contributed by atoms with Crippen LogP contribution in [0.15, 0.2) is 41.8 Å². The first-order valence-corrected chi connectivity index (χ1v) is 12.3. The molecular weight excluding hydrogens is 429 g/mol. The summed E-state index contributed by atoms with van der Waals surface area (Å²) in [7, 11) is -3.85. The Labute approximate surface area is 183 Å². The van der Waals surface area contributed by atoms with E-state index in [0.717, 1.165) is 63.0 Å². The predicted molar refractivity (Wildman–Crippen MR) is 115 cm³/mol. The molecule has 0 spiro atoms. The molecule has 31 heavy (non-hydrogen) atoms. The van der Waals surface area contributed by atoms with E-state index in [0.29, 0.717) is 19.4 Å². The van der Waals surface area contributed by atoms with Gasteiger partial charge < -0.3 is 10.1 Å². The summed E-state index contributed by atoms with van der Waals surface area (Å²) in [5.41, 5.74) is -0.858. The highest BCUT2D eigenvalue weighted by atomic mass is 32.2. The van der Waals surface area contributed by atoms with E-state index < -0.39 is 21.8 Å². The Balaban J connectivity index is 1.86. The zero-order valence-corrected chi connectivity index (χ0v) is 18.9. The van der Waals surface area contributed by atoms with Crippen molar-refractivity contribution in [1.29, 1.82) is 0 Å². The monoisotopic (exact) mass is 462 g/mol. The molecule has 5 nitrogen and oxygen atoms in total. The maximum Gasteiger partial charge on any atom is 0.416 e. The molecule has 2 rings (SSSR count). The fraction of sp³-hybridized carbons (Fsp3) is 0.636. The van der Waals surface area contributed by atoms with Crippen molar-refractivity contribution in [1.82, 2.24) is 9.62 Å². The highest BCUT2D eigenvalue weighted by Gasteiger charge is 2.35. The van der Waals surface area contributed by atoms with Crippen molar-refractivity contribution in [3.05, 3.63) is 42.5 Å². The average molecular weight is 463 g/mol. The van der Waals surface area contributed by atoms with Crippen LogP contribution in [-0.4, -0.2) is 51.1 Å². The maximum absolute atomic E-state index is 13.0. The molecule has 0 aliphatic heterocycles. The molecule has 0 bridgehead atoms. The second kappa shape index (κ2) is 12.0. The fourth-order valence-electron chi connectivity index (χ4n) is 3.88. The highest BCUT2D eigenvalue weighted by molar-refractivity contribution is 7.89. The van der Waals surface area contributed by atoms with Gasteiger partial charge in [0.15, 0.2) is 0 Å². The Morgan fingerprint density at radius 3 is 2.35 bits per heavy atom. The molecule has 0 heterocycles. The number of hydrogen-bond acceptors (Lipinski definition) is 4. The van der Waals surface area contributed by atoms with Gasteiger partial charge in [-0.05, 0) is 69.3 Å². The van der Waals surface area contributed by atoms with Crippen LogP contribution in [0.25, 0.3) is 0 Å². The molecule has 0 amide bonds. The molecule has 1 aliphatic rings. The maximum atomic E-state index is 13.0. The number of nitrogens with zero attached hydrogens (tertiary/aromatic N) is 1. The van der Waals surface area contributed by atoms with Gasteiger partial charge in [-0.2, -0.15) is 17.5 Å². The third kappa shape index (κ3) is 7.59. The number of hydrogen-bond donors (Lipinski definition) is 1. The second-order valence-electron chi connectivity index (χ2n) is 7.73. The lowest BCUT2D eigenvalue weighted by atomic mass is 9.93. The molecule has 1 N–H and O–H groups in total. The van der Waals surface area contributed by atoms with Gasteiger partial charge in [0.25, 0.3) is 0 Å². The van der Waals surface area contributed by atoms with Crippen LogP contribution >= 0.6 is 0 Å². The first-order chi connectivity index (χ1) is 14.7. The summed E-state index contributed by atoms with van der Waals surface area (Å²) < 4.78 is 71.7. The van der Waals surface area contributed by atoms with Crippen molar-refractivity contribution >= 4 is 10.0 Å². The molecule has 1 fully saturated rings. The summed E-state index contributed by atoms with van der Waals surface area (Å²) >= 11 is 0. The zero-order valence-electron chi connectivity index (χ0n) is 18.0. The van der Waals surface area contributed by atoms with Gasteiger partial charge in [0.1, 0.15) is 0 Å². The lowest BCUT2D eigenvalue weighted by molar-refractivity contribution is -0.137. The molecule has 0 atom stereocenters. The van der Waals surface area contributed by atoms with Crippen LogP contribution in [-0.2, 0) is 20.9 Å². The van der Waals surface area contributed by atoms with Crippen molar-refractivity contribution < 1.29 is 26.3 Å². The van der Waals surface area contributed by atoms with Gasteiger partial charge in [-0.25, -0.2) is 8.42 Å². The van der Waals surface area contributed by atoms with E-state index >= 15 is 0 Å². The number of alkyl halides is 3. The first-order valence-electron chi connectivity index (χ1n) is 10.8. The van der Waals surface area contributed by atoms with Crippen molar-refractivity contribution in [2.75, 3.05) is 26.2 Å². The molecular formula is C22H33F3N2O3S. The van der Waals surface area contributed by atoms with Gasteiger partial charge in [-0.3, -0.25) is 0 Å². The van der Waals surface area contributed by atoms with Crippen molar-refractivity contribution in [3.63, 3.8) is 0 Å². The number of nitrogens with one attached hydrogen (secondary N) is 1. The van der Waals surface area contributed by atoms with E-state index in [2.05, 4.69) is 11.9 Å². The van der Waals surface area contributed by atoms with Gasteiger partial charge in [0.2, 0.25) is 10.0 Å². The van der Waals surface area contributed by atoms with Crippen molar-refractivity contribution in [2.45, 2.75) is 68.7 Å². The van der Waals surface area contributed by atoms with Crippen LogP contribution in [0.5, 0.6) is 0 Å². The molecule has 1 aromatic carbocycles. The summed E-state index contributed by atoms with van der Waals surface area (Å²) in [6.07, 6.45) is 2.37. The van der Waals surface area contributed by atoms with E-state index in [1.165, 1.54) is 4.31 Å². The Kier molecular flexibility index (Phi) is 9.99. The topological polar surface area (TPSA) is 58.6 Å². The molecule has 0 aromatic heterocycles. The molecule has 0 unspecified atom stereocenters. The van der Waals surface area contributed by atoms with Gasteiger partial charge >= 0.3 is 6.18 Å². The van der Waals surface area contributed by atoms with Gasteiger partial charge in [-0.1, -0.05) is 13.0 Å². The lowest BCUT2D eigenvalue weighted by Gasteiger charge is -2.35. The number of benzene rings is 1. The second-order valence-corrected chi connectivity index (χ2v) is 9.62. The van der Waals surface area contributed by atoms with Crippen molar-refractivity contribution in [3.8, 4) is 0 Å². The van der Waals surface area contributed by atoms with Gasteiger partial charge in [-0.15, -0.1) is 6.58 Å². The number of rotatable bonds is 12. The number of halogens is 3. The molecule has 1 aromatic rings. The SMILES string of the molecule is C=CCNCCCCO[C@H]1CC[C@H](N(CC)S(=O)(=O)c2ccc(C(F)(F)F)cc2)CC1. The quantitative estimate of drug-likeness (QED) is 0.364. The summed E-state index contributed by atoms with van der Waals surface area (Å²) in [4.78, 5) is -0.106. The van der Waals surface area contributed by atoms with Gasteiger partial charge in [0, 0.05) is 25.7 Å². The predicted octanol–water partition coefficient (Wildman–Crippen LogP) is 4.60. The summed E-state index contributed by atoms with van der Waals surface area (Å²) in [5, 5.41) is 3.24. The van der Waals surface area contributed by atoms with E-state index in [1.807, 2.05) is 6.08 Å². The van der Waals surface area contributed by atoms with Crippen LogP contribution < -0.4 is 5.32 Å². The smallest absolute Gasteiger partial charge is 0.378 e. The van der Waals surface area contributed by atoms with E-state index in [-0.39, 0.29) is 23.6 Å². The Morgan fingerprint density at radius 1 is 1.16 bits per heavy atom. The van der Waals surface area contributed by atoms with Crippen LogP contribution in [0.1, 0.15) is 51.0 Å². The number of sulfonamides is 1. The molecule has 0 saturated heterocycles. The van der Waals surface area contributed by atoms with E-state index in [1.54, 1.807) is 6.92 Å². The minimum absolute atomic E-state index is 0.106. The number of ether oxygens (including phenoxy) is 1. The van der Waals surface area contributed by atoms with Crippen LogP contribution in [0.4, 0.5) is 13.2 Å². The lowest BCUT2D eigenvalue weighted by Crippen LogP contribution is -2.43. The van der Waals surface area contributed by atoms with E-state index in [4.69, 9.17) is 4.74 Å². The minimum Gasteiger partial charge on any atom is -0.378 e. The van der Waals surface area contributed by atoms with Crippen LogP contribution in [0.3, 0.4) is 0 Å². The normalized spacial score (nSPS) is 20.2. The minimum atomic E-state index is -4.49. The third-order valence-electron chi connectivity index (χ3n) is 5.54. The molecule has 0 radical (unpaired) electrons. The summed E-state index contributed by atoms with van der Waals surface area (Å²) in [6, 6.07) is 3.55. The summed E-state index contributed by atoms with van der Waals surface area (Å²) in [6.45, 7) is 8.10. The largest absolute Gasteiger partial charge is 0.416 e. The Hall–Kier alpha value is -1.42. The number of unbranched alkanes of at least 4 members (excludes halogenated alkanes) is 1. The average Bonchev–Trinajstić information content (AvgIpc) is 2.74. The third-order valence-corrected chi connectivity index (χ3v) is 7.58. The molecule has 1 saturated carbocycles. The van der Waals surface area contributed by atoms with Crippen LogP contribution in [0.2, 0.25) is 0 Å². The van der Waals surface area contributed by atoms with Crippen LogP contribution in [0, 0.1) is 0 Å². The Morgan fingerprint density at radius 2 is 1.81 bits per heavy atom. The Bertz CT molecular complexity index is 774. The zero-order chi connectivity index (χ0) is 22.9. The highest BCUT2D eigenvalue weighted by Crippen LogP contribution is 2.32. The molecule has 9 heteroatoms. The first kappa shape index (κ1) is 25.8. The fourth-order valence-corrected chi connectivity index (χ4v) is 5.58. The standard InChI is InChI=1S/C22H33F3N2O3S/c1-3-15-26-16-5-6-17-30-20-11-9-19(10-12-20)27(4-2)31(28,29)21-13-7-18(8-14-21)22(23,24)25/h3,7-8,13-14,19-20,26H,1,4-6,9-12,15-17H2,2H3/t19-,20-. The van der Waals surface area contributed by atoms with Gasteiger partial charge in [0.05, 0.1) is 16.6 Å².